The van der Waals surface area contributed by atoms with Crippen molar-refractivity contribution in [2.24, 2.45) is 0 Å². The molecule has 3 aromatic heterocycles. The van der Waals surface area contributed by atoms with Crippen molar-refractivity contribution in [3.05, 3.63) is 119 Å². The second-order valence-corrected chi connectivity index (χ2v) is 11.3. The van der Waals surface area contributed by atoms with Gasteiger partial charge in [-0.1, -0.05) is 36.7 Å². The van der Waals surface area contributed by atoms with Gasteiger partial charge in [0.05, 0.1) is 11.6 Å². The van der Waals surface area contributed by atoms with Gasteiger partial charge in [0.1, 0.15) is 17.8 Å². The van der Waals surface area contributed by atoms with Crippen LogP contribution in [-0.4, -0.2) is 25.5 Å². The Hall–Kier alpha value is -4.09. The molecule has 0 N–H and O–H groups in total. The number of ether oxygens (including phenoxy) is 1. The first kappa shape index (κ1) is 30.0. The second-order valence-electron chi connectivity index (χ2n) is 11.3. The summed E-state index contributed by atoms with van der Waals surface area (Å²) in [6, 6.07) is 26.8. The molecular weight excluding hydrogens is 737 g/mol. The van der Waals surface area contributed by atoms with Crippen LogP contribution in [0.4, 0.5) is 8.78 Å². The molecule has 3 aromatic carbocycles. The van der Waals surface area contributed by atoms with Crippen LogP contribution in [0, 0.1) is 39.8 Å². The number of alkyl halides is 1. The van der Waals surface area contributed by atoms with Gasteiger partial charge in [0.25, 0.3) is 0 Å². The summed E-state index contributed by atoms with van der Waals surface area (Å²) in [5.74, 6) is 0.470. The number of nitrogens with zero attached hydrogens (tertiary/aromatic N) is 4. The number of halogens is 2. The molecule has 0 saturated heterocycles. The molecule has 3 heterocycles. The number of para-hydroxylation sites is 1. The summed E-state index contributed by atoms with van der Waals surface area (Å²) in [6.45, 7) is 7.66. The van der Waals surface area contributed by atoms with E-state index in [2.05, 4.69) is 45.0 Å². The van der Waals surface area contributed by atoms with Crippen molar-refractivity contribution in [3.63, 3.8) is 0 Å². The second kappa shape index (κ2) is 11.8. The van der Waals surface area contributed by atoms with Gasteiger partial charge in [-0.25, -0.2) is 13.8 Å². The van der Waals surface area contributed by atoms with E-state index in [1.54, 1.807) is 11.6 Å². The quantitative estimate of drug-likeness (QED) is 0.165. The van der Waals surface area contributed by atoms with Crippen molar-refractivity contribution in [3.8, 4) is 23.0 Å². The van der Waals surface area contributed by atoms with Gasteiger partial charge in [0, 0.05) is 34.5 Å². The van der Waals surface area contributed by atoms with Crippen LogP contribution < -0.4 is 4.74 Å². The van der Waals surface area contributed by atoms with Gasteiger partial charge in [-0.2, -0.15) is 16.7 Å². The smallest absolute Gasteiger partial charge is 0.509 e. The van der Waals surface area contributed by atoms with E-state index in [9.17, 15) is 8.78 Å². The van der Waals surface area contributed by atoms with Crippen molar-refractivity contribution >= 4 is 21.8 Å². The number of benzene rings is 3. The molecule has 1 unspecified atom stereocenters. The van der Waals surface area contributed by atoms with E-state index in [0.29, 0.717) is 47.0 Å². The molecule has 1 aliphatic rings. The van der Waals surface area contributed by atoms with Crippen molar-refractivity contribution < 1.29 is 34.6 Å². The normalized spacial score (nSPS) is 16.6. The molecule has 7 rings (SSSR count). The Morgan fingerprint density at radius 1 is 0.909 bits per heavy atom. The number of hydrogen-bond donors (Lipinski definition) is 0. The Balaban J connectivity index is 0.00000343. The molecular formula is C36H30F2N4OPt. The molecule has 224 valence electrons. The van der Waals surface area contributed by atoms with Crippen LogP contribution in [0.15, 0.2) is 78.8 Å². The molecule has 0 fully saturated rings. The minimum atomic E-state index is -1.28. The molecule has 8 heteroatoms. The molecule has 1 aliphatic carbocycles. The zero-order valence-electron chi connectivity index (χ0n) is 24.8. The van der Waals surface area contributed by atoms with Crippen LogP contribution in [0.3, 0.4) is 0 Å². The zero-order chi connectivity index (χ0) is 29.8. The monoisotopic (exact) mass is 767 g/mol. The summed E-state index contributed by atoms with van der Waals surface area (Å²) in [5.41, 5.74) is 6.46. The summed E-state index contributed by atoms with van der Waals surface area (Å²) in [5, 5.41) is 6.83. The Labute approximate surface area is 269 Å². The van der Waals surface area contributed by atoms with E-state index in [-0.39, 0.29) is 21.1 Å². The molecule has 0 amide bonds. The van der Waals surface area contributed by atoms with E-state index in [1.807, 2.05) is 69.4 Å². The van der Waals surface area contributed by atoms with Gasteiger partial charge in [0.15, 0.2) is 0 Å². The molecule has 5 nitrogen and oxygen atoms in total. The minimum absolute atomic E-state index is 0. The van der Waals surface area contributed by atoms with Gasteiger partial charge >= 0.3 is 21.1 Å². The summed E-state index contributed by atoms with van der Waals surface area (Å²) < 4.78 is 39.9. The number of rotatable bonds is 5. The van der Waals surface area contributed by atoms with Crippen LogP contribution in [0.1, 0.15) is 46.8 Å². The number of allylic oxidation sites excluding steroid dienone is 2. The van der Waals surface area contributed by atoms with Gasteiger partial charge < -0.3 is 9.30 Å². The molecule has 0 saturated carbocycles. The van der Waals surface area contributed by atoms with Crippen LogP contribution >= 0.6 is 0 Å². The fraction of sp³-hybridized carbons (Fsp3) is 0.222. The van der Waals surface area contributed by atoms with E-state index < -0.39 is 17.9 Å². The van der Waals surface area contributed by atoms with E-state index in [1.165, 1.54) is 6.08 Å². The standard InChI is InChI=1S/C36H30F2N4O.Pt/c1-21-14-15-39-34(18-21)41-32-11-6-5-8-28(32)29-13-12-26(20-33(29)41)43-27-17-22(2)16-25(19-27)42-24(4)35(23(3)40-42)36-30(37)9-7-10-31(36)38;/h5-6,8-9,11-18,31,36H,7,10H2,1-4H3;/q-2;+2/t31-,36?;/m0./s1. The maximum Gasteiger partial charge on any atom is 2.00 e. The van der Waals surface area contributed by atoms with Gasteiger partial charge in [-0.15, -0.1) is 35.7 Å². The first-order valence-electron chi connectivity index (χ1n) is 14.4. The molecule has 2 atom stereocenters. The first-order chi connectivity index (χ1) is 20.8. The maximum absolute atomic E-state index is 14.9. The van der Waals surface area contributed by atoms with E-state index in [0.717, 1.165) is 38.8 Å². The van der Waals surface area contributed by atoms with Gasteiger partial charge in [0.2, 0.25) is 0 Å². The molecule has 6 aromatic rings. The van der Waals surface area contributed by atoms with Crippen LogP contribution in [0.2, 0.25) is 0 Å². The van der Waals surface area contributed by atoms with Gasteiger partial charge in [-0.05, 0) is 68.4 Å². The Kier molecular flexibility index (Phi) is 8.02. The summed E-state index contributed by atoms with van der Waals surface area (Å²) >= 11 is 0. The van der Waals surface area contributed by atoms with Crippen molar-refractivity contribution in [2.75, 3.05) is 0 Å². The average Bonchev–Trinajstić information content (AvgIpc) is 3.46. The molecule has 0 radical (unpaired) electrons. The number of pyridine rings is 1. The fourth-order valence-electron chi connectivity index (χ4n) is 6.27. The largest absolute Gasteiger partial charge is 2.00 e. The third-order valence-corrected chi connectivity index (χ3v) is 8.21. The summed E-state index contributed by atoms with van der Waals surface area (Å²) in [6.07, 6.45) is 2.73. The maximum atomic E-state index is 14.9. The summed E-state index contributed by atoms with van der Waals surface area (Å²) in [4.78, 5) is 4.65. The van der Waals surface area contributed by atoms with Crippen LogP contribution in [-0.2, 0) is 21.1 Å². The number of fused-ring (bicyclic) bond motifs is 3. The predicted molar refractivity (Wildman–Crippen MR) is 165 cm³/mol. The van der Waals surface area contributed by atoms with E-state index in [4.69, 9.17) is 4.74 Å². The Morgan fingerprint density at radius 3 is 2.52 bits per heavy atom. The minimum Gasteiger partial charge on any atom is -0.509 e. The molecule has 44 heavy (non-hydrogen) atoms. The Bertz CT molecular complexity index is 2060. The van der Waals surface area contributed by atoms with Crippen LogP contribution in [0.25, 0.3) is 33.3 Å². The predicted octanol–water partition coefficient (Wildman–Crippen LogP) is 9.06. The number of aromatic nitrogens is 4. The third-order valence-electron chi connectivity index (χ3n) is 8.21. The molecule has 0 bridgehead atoms. The zero-order valence-corrected chi connectivity index (χ0v) is 27.0. The third kappa shape index (κ3) is 5.17. The SMILES string of the molecule is Cc1cc(Oc2[c-]c3c(cc2)c2ccccc2n3-c2cc(C)ccn2)[c-]c(-n2nc(C)c(C3C(F)=CCC[C@@H]3F)c2C)c1.[Pt+2]. The average molecular weight is 768 g/mol. The Morgan fingerprint density at radius 2 is 1.73 bits per heavy atom. The van der Waals surface area contributed by atoms with Crippen LogP contribution in [0.5, 0.6) is 11.5 Å². The number of aryl methyl sites for hydroxylation is 3. The van der Waals surface area contributed by atoms with Crippen molar-refractivity contribution in [1.82, 2.24) is 19.3 Å². The van der Waals surface area contributed by atoms with Gasteiger partial charge in [-0.3, -0.25) is 4.68 Å². The topological polar surface area (TPSA) is 44.9 Å². The first-order valence-corrected chi connectivity index (χ1v) is 14.4. The van der Waals surface area contributed by atoms with E-state index >= 15 is 0 Å². The number of hydrogen-bond acceptors (Lipinski definition) is 3. The molecule has 0 spiro atoms. The van der Waals surface area contributed by atoms with Crippen molar-refractivity contribution in [2.45, 2.75) is 52.6 Å². The molecule has 0 aliphatic heterocycles. The fourth-order valence-corrected chi connectivity index (χ4v) is 6.27. The summed E-state index contributed by atoms with van der Waals surface area (Å²) in [7, 11) is 0. The van der Waals surface area contributed by atoms with Crippen molar-refractivity contribution in [1.29, 1.82) is 0 Å².